The zero-order chi connectivity index (χ0) is 25.7. The number of hydrogen-bond donors (Lipinski definition) is 1. The predicted molar refractivity (Wildman–Crippen MR) is 140 cm³/mol. The largest absolute Gasteiger partial charge is 0.452 e. The van der Waals surface area contributed by atoms with Crippen LogP contribution in [0.15, 0.2) is 48.9 Å². The first-order valence-corrected chi connectivity index (χ1v) is 12.3. The molecule has 4 aromatic rings. The number of rotatable bonds is 5. The van der Waals surface area contributed by atoms with E-state index in [1.807, 2.05) is 57.3 Å². The Balaban J connectivity index is 0.00000148. The van der Waals surface area contributed by atoms with E-state index in [4.69, 9.17) is 15.2 Å². The Morgan fingerprint density at radius 2 is 1.94 bits per heavy atom. The van der Waals surface area contributed by atoms with Gasteiger partial charge >= 0.3 is 6.09 Å². The molecule has 0 bridgehead atoms. The van der Waals surface area contributed by atoms with Gasteiger partial charge in [0.25, 0.3) is 0 Å². The average Bonchev–Trinajstić information content (AvgIpc) is 3.57. The van der Waals surface area contributed by atoms with E-state index in [9.17, 15) is 4.79 Å². The predicted octanol–water partition coefficient (Wildman–Crippen LogP) is 4.81. The quantitative estimate of drug-likeness (QED) is 0.426. The topological polar surface area (TPSA) is 113 Å². The lowest BCUT2D eigenvalue weighted by Crippen LogP contribution is -2.30. The third kappa shape index (κ3) is 4.64. The number of aromatic nitrogens is 5. The van der Waals surface area contributed by atoms with Crippen molar-refractivity contribution in [1.82, 2.24) is 24.4 Å². The second-order valence-electron chi connectivity index (χ2n) is 8.12. The molecule has 190 valence electrons. The van der Waals surface area contributed by atoms with Crippen molar-refractivity contribution in [2.45, 2.75) is 39.7 Å². The zero-order valence-corrected chi connectivity index (χ0v) is 21.2. The maximum Gasteiger partial charge on any atom is 0.413 e. The second kappa shape index (κ2) is 11.2. The van der Waals surface area contributed by atoms with Crippen LogP contribution < -0.4 is 10.6 Å². The minimum Gasteiger partial charge on any atom is -0.452 e. The fraction of sp³-hybridized carbons (Fsp3) is 0.385. The molecule has 10 nitrogen and oxygen atoms in total. The van der Waals surface area contributed by atoms with Gasteiger partial charge in [-0.1, -0.05) is 26.0 Å². The van der Waals surface area contributed by atoms with E-state index in [-0.39, 0.29) is 6.04 Å². The molecule has 1 fully saturated rings. The number of amides is 1. The Hall–Kier alpha value is -3.92. The maximum atomic E-state index is 12.2. The fourth-order valence-electron chi connectivity index (χ4n) is 4.58. The lowest BCUT2D eigenvalue weighted by Gasteiger charge is -2.24. The molecule has 5 rings (SSSR count). The summed E-state index contributed by atoms with van der Waals surface area (Å²) in [5.74, 6) is 0.386. The van der Waals surface area contributed by atoms with Crippen molar-refractivity contribution in [1.29, 1.82) is 0 Å². The van der Waals surface area contributed by atoms with Gasteiger partial charge in [-0.3, -0.25) is 9.58 Å². The molecule has 3 aromatic heterocycles. The van der Waals surface area contributed by atoms with E-state index in [0.29, 0.717) is 12.4 Å². The van der Waals surface area contributed by atoms with Crippen LogP contribution in [0.1, 0.15) is 39.7 Å². The monoisotopic (exact) mass is 491 g/mol. The van der Waals surface area contributed by atoms with Crippen LogP contribution in [0.2, 0.25) is 0 Å². The molecule has 0 spiro atoms. The van der Waals surface area contributed by atoms with Crippen LogP contribution in [-0.4, -0.2) is 57.3 Å². The molecule has 1 aromatic carbocycles. The van der Waals surface area contributed by atoms with Crippen molar-refractivity contribution in [2.75, 3.05) is 37.5 Å². The molecule has 0 saturated carbocycles. The SMILES string of the molecule is CC.CCN(C(=O)OC)c1cccc(-c2cc(-c3ccnn3C3CCOCC3)c3c(N)ncnn23)c1. The van der Waals surface area contributed by atoms with Gasteiger partial charge in [-0.05, 0) is 44.0 Å². The highest BCUT2D eigenvalue weighted by Gasteiger charge is 2.24. The lowest BCUT2D eigenvalue weighted by molar-refractivity contribution is 0.0667. The summed E-state index contributed by atoms with van der Waals surface area (Å²) < 4.78 is 14.3. The molecule has 0 aliphatic carbocycles. The summed E-state index contributed by atoms with van der Waals surface area (Å²) in [5.41, 5.74) is 11.4. The summed E-state index contributed by atoms with van der Waals surface area (Å²) in [4.78, 5) is 18.1. The summed E-state index contributed by atoms with van der Waals surface area (Å²) in [6.45, 7) is 7.82. The number of anilines is 2. The van der Waals surface area contributed by atoms with Crippen molar-refractivity contribution in [3.05, 3.63) is 48.9 Å². The van der Waals surface area contributed by atoms with Crippen LogP contribution in [-0.2, 0) is 9.47 Å². The number of nitrogen functional groups attached to an aromatic ring is 1. The first kappa shape index (κ1) is 25.2. The van der Waals surface area contributed by atoms with Gasteiger partial charge in [0.15, 0.2) is 5.82 Å². The van der Waals surface area contributed by atoms with E-state index in [2.05, 4.69) is 25.9 Å². The molecule has 0 atom stereocenters. The summed E-state index contributed by atoms with van der Waals surface area (Å²) in [6.07, 6.45) is 4.66. The number of ether oxygens (including phenoxy) is 2. The Kier molecular flexibility index (Phi) is 7.84. The number of hydrogen-bond acceptors (Lipinski definition) is 7. The highest BCUT2D eigenvalue weighted by atomic mass is 16.5. The first-order valence-electron chi connectivity index (χ1n) is 12.3. The Morgan fingerprint density at radius 3 is 2.67 bits per heavy atom. The number of nitrogens with zero attached hydrogens (tertiary/aromatic N) is 6. The van der Waals surface area contributed by atoms with Gasteiger partial charge in [0, 0.05) is 42.8 Å². The maximum absolute atomic E-state index is 12.2. The standard InChI is InChI=1S/C24H27N7O3.C2H6/c1-3-29(24(32)33-2)18-6-4-5-16(13-18)21-14-19(22-23(25)26-15-28-31(21)22)20-7-10-27-30(20)17-8-11-34-12-9-17;1-2/h4-7,10,13-15,17H,3,8-9,11-12H2,1-2H3,(H2,25,26,28);1-2H3. The Morgan fingerprint density at radius 1 is 1.17 bits per heavy atom. The van der Waals surface area contributed by atoms with E-state index >= 15 is 0 Å². The van der Waals surface area contributed by atoms with Gasteiger partial charge in [-0.2, -0.15) is 10.2 Å². The second-order valence-corrected chi connectivity index (χ2v) is 8.12. The molecule has 2 N–H and O–H groups in total. The number of methoxy groups -OCH3 is 1. The molecule has 1 aliphatic heterocycles. The number of fused-ring (bicyclic) bond motifs is 1. The number of benzene rings is 1. The van der Waals surface area contributed by atoms with Crippen LogP contribution in [0.25, 0.3) is 28.0 Å². The van der Waals surface area contributed by atoms with Crippen molar-refractivity contribution in [3.8, 4) is 22.5 Å². The molecular formula is C26H33N7O3. The van der Waals surface area contributed by atoms with E-state index < -0.39 is 6.09 Å². The summed E-state index contributed by atoms with van der Waals surface area (Å²) in [5, 5.41) is 9.13. The van der Waals surface area contributed by atoms with Crippen molar-refractivity contribution in [2.24, 2.45) is 0 Å². The van der Waals surface area contributed by atoms with E-state index in [0.717, 1.165) is 59.8 Å². The van der Waals surface area contributed by atoms with E-state index in [1.54, 1.807) is 9.42 Å². The minimum atomic E-state index is -0.410. The fourth-order valence-corrected chi connectivity index (χ4v) is 4.58. The summed E-state index contributed by atoms with van der Waals surface area (Å²) in [7, 11) is 1.38. The van der Waals surface area contributed by atoms with Crippen LogP contribution in [0, 0.1) is 0 Å². The molecule has 1 aliphatic rings. The molecule has 36 heavy (non-hydrogen) atoms. The normalized spacial score (nSPS) is 13.8. The third-order valence-electron chi connectivity index (χ3n) is 6.23. The van der Waals surface area contributed by atoms with Crippen LogP contribution in [0.5, 0.6) is 0 Å². The molecule has 4 heterocycles. The number of nitrogens with two attached hydrogens (primary N) is 1. The van der Waals surface area contributed by atoms with Crippen LogP contribution >= 0.6 is 0 Å². The number of carbonyl (C=O) groups excluding carboxylic acids is 1. The minimum absolute atomic E-state index is 0.254. The Labute approximate surface area is 210 Å². The van der Waals surface area contributed by atoms with Crippen molar-refractivity contribution in [3.63, 3.8) is 0 Å². The highest BCUT2D eigenvalue weighted by Crippen LogP contribution is 2.37. The molecule has 10 heteroatoms. The van der Waals surface area contributed by atoms with Gasteiger partial charge in [0.1, 0.15) is 11.8 Å². The van der Waals surface area contributed by atoms with Gasteiger partial charge < -0.3 is 15.2 Å². The molecule has 0 unspecified atom stereocenters. The van der Waals surface area contributed by atoms with E-state index in [1.165, 1.54) is 13.4 Å². The zero-order valence-electron chi connectivity index (χ0n) is 21.2. The smallest absolute Gasteiger partial charge is 0.413 e. The van der Waals surface area contributed by atoms with Gasteiger partial charge in [0.2, 0.25) is 0 Å². The van der Waals surface area contributed by atoms with Gasteiger partial charge in [-0.15, -0.1) is 0 Å². The summed E-state index contributed by atoms with van der Waals surface area (Å²) >= 11 is 0. The molecule has 1 saturated heterocycles. The number of carbonyl (C=O) groups is 1. The third-order valence-corrected chi connectivity index (χ3v) is 6.23. The molecule has 1 amide bonds. The van der Waals surface area contributed by atoms with Crippen LogP contribution in [0.4, 0.5) is 16.3 Å². The van der Waals surface area contributed by atoms with Crippen molar-refractivity contribution < 1.29 is 14.3 Å². The Bertz CT molecular complexity index is 1320. The highest BCUT2D eigenvalue weighted by molar-refractivity contribution is 5.92. The van der Waals surface area contributed by atoms with Crippen molar-refractivity contribution >= 4 is 23.1 Å². The van der Waals surface area contributed by atoms with Gasteiger partial charge in [-0.25, -0.2) is 14.3 Å². The average molecular weight is 492 g/mol. The van der Waals surface area contributed by atoms with Crippen LogP contribution in [0.3, 0.4) is 0 Å². The molecular weight excluding hydrogens is 458 g/mol. The first-order chi connectivity index (χ1) is 17.6. The molecule has 0 radical (unpaired) electrons. The summed E-state index contributed by atoms with van der Waals surface area (Å²) in [6, 6.07) is 12.0. The lowest BCUT2D eigenvalue weighted by atomic mass is 10.1. The van der Waals surface area contributed by atoms with Gasteiger partial charge in [0.05, 0.1) is 24.5 Å².